The quantitative estimate of drug-likeness (QED) is 0.610. The van der Waals surface area contributed by atoms with Gasteiger partial charge < -0.3 is 10.2 Å². The summed E-state index contributed by atoms with van der Waals surface area (Å²) in [6, 6.07) is 1.19. The lowest BCUT2D eigenvalue weighted by Gasteiger charge is -2.62. The lowest BCUT2D eigenvalue weighted by atomic mass is 9.39. The number of Topliss-reactive ketones (excluding diaryl/α,β-unsaturated/α-hetero) is 5. The molecule has 0 aromatic heterocycles. The number of hydrogen-bond acceptors (Lipinski definition) is 7. The summed E-state index contributed by atoms with van der Waals surface area (Å²) < 4.78 is 14.6. The molecule has 0 saturated heterocycles. The summed E-state index contributed by atoms with van der Waals surface area (Å²) in [5.74, 6) is -11.3. The smallest absolute Gasteiger partial charge is 0.190 e. The van der Waals surface area contributed by atoms with Gasteiger partial charge >= 0.3 is 0 Å². The minimum atomic E-state index is -2.76. The first-order valence-electron chi connectivity index (χ1n) is 12.4. The van der Waals surface area contributed by atoms with E-state index in [9.17, 15) is 38.6 Å². The topological polar surface area (TPSA) is 126 Å². The maximum Gasteiger partial charge on any atom is 0.190 e. The average Bonchev–Trinajstić information content (AvgIpc) is 2.72. The number of aliphatic hydroxyl groups is 1. The molecular formula is C28H33FO7. The van der Waals surface area contributed by atoms with Crippen molar-refractivity contribution >= 4 is 28.9 Å². The zero-order valence-electron chi connectivity index (χ0n) is 21.7. The molecule has 0 bridgehead atoms. The molecule has 0 spiro atoms. The van der Waals surface area contributed by atoms with Gasteiger partial charge in [-0.15, -0.1) is 0 Å². The molecular weight excluding hydrogens is 467 g/mol. The molecule has 36 heavy (non-hydrogen) atoms. The Labute approximate surface area is 209 Å². The molecule has 7 nitrogen and oxygen atoms in total. The first-order valence-corrected chi connectivity index (χ1v) is 12.4. The van der Waals surface area contributed by atoms with Crippen LogP contribution in [0.4, 0.5) is 4.39 Å². The second kappa shape index (κ2) is 7.88. The number of carbonyl (C=O) groups is 5. The zero-order chi connectivity index (χ0) is 27.3. The zero-order valence-corrected chi connectivity index (χ0v) is 21.7. The van der Waals surface area contributed by atoms with Gasteiger partial charge in [0.15, 0.2) is 40.3 Å². The number of phenolic OH excluding ortho intramolecular Hbond substituents is 1. The predicted molar refractivity (Wildman–Crippen MR) is 127 cm³/mol. The Hall–Kier alpha value is -2.74. The van der Waals surface area contributed by atoms with E-state index in [0.717, 1.165) is 6.92 Å². The van der Waals surface area contributed by atoms with E-state index in [1.165, 1.54) is 13.0 Å². The van der Waals surface area contributed by atoms with E-state index in [4.69, 9.17) is 0 Å². The van der Waals surface area contributed by atoms with Crippen molar-refractivity contribution in [2.45, 2.75) is 72.8 Å². The van der Waals surface area contributed by atoms with E-state index in [1.807, 2.05) is 13.8 Å². The minimum Gasteiger partial charge on any atom is -0.504 e. The van der Waals surface area contributed by atoms with Crippen LogP contribution in [0, 0.1) is 40.3 Å². The van der Waals surface area contributed by atoms with Gasteiger partial charge in [0, 0.05) is 11.3 Å². The molecule has 2 fully saturated rings. The highest BCUT2D eigenvalue weighted by molar-refractivity contribution is 6.32. The summed E-state index contributed by atoms with van der Waals surface area (Å²) >= 11 is 0. The maximum atomic E-state index is 14.6. The molecule has 0 aliphatic heterocycles. The highest BCUT2D eigenvalue weighted by atomic mass is 19.1. The molecule has 6 atom stereocenters. The summed E-state index contributed by atoms with van der Waals surface area (Å²) in [5.41, 5.74) is -4.78. The van der Waals surface area contributed by atoms with Crippen LogP contribution in [0.5, 0.6) is 5.75 Å². The summed E-state index contributed by atoms with van der Waals surface area (Å²) in [5, 5.41) is 22.5. The number of benzene rings is 1. The van der Waals surface area contributed by atoms with E-state index in [1.54, 1.807) is 20.8 Å². The largest absolute Gasteiger partial charge is 0.504 e. The van der Waals surface area contributed by atoms with Gasteiger partial charge in [0.05, 0.1) is 11.5 Å². The van der Waals surface area contributed by atoms with Crippen molar-refractivity contribution in [3.63, 3.8) is 0 Å². The Balaban J connectivity index is 2.01. The molecule has 0 amide bonds. The first kappa shape index (κ1) is 26.3. The third-order valence-electron chi connectivity index (χ3n) is 8.99. The SMILES string of the molecule is CC(=O)C1C(=O)C(C(C)C)[C@@]2(C)C[C@@]3(C)Cc4c(C(C)C)cc(F)c(O)c4C(=O)C3C(=O)[C@@]2(O)C1=O. The van der Waals surface area contributed by atoms with Gasteiger partial charge in [0.25, 0.3) is 0 Å². The Kier molecular flexibility index (Phi) is 5.76. The molecule has 1 aromatic rings. The van der Waals surface area contributed by atoms with Crippen molar-refractivity contribution in [3.05, 3.63) is 28.6 Å². The number of phenols is 1. The third kappa shape index (κ3) is 3.03. The highest BCUT2D eigenvalue weighted by Crippen LogP contribution is 2.64. The van der Waals surface area contributed by atoms with Crippen LogP contribution in [0.3, 0.4) is 0 Å². The van der Waals surface area contributed by atoms with Gasteiger partial charge in [-0.1, -0.05) is 41.5 Å². The number of rotatable bonds is 3. The first-order chi connectivity index (χ1) is 16.5. The van der Waals surface area contributed by atoms with Crippen LogP contribution < -0.4 is 0 Å². The average molecular weight is 501 g/mol. The Morgan fingerprint density at radius 3 is 2.17 bits per heavy atom. The van der Waals surface area contributed by atoms with Crippen LogP contribution in [-0.4, -0.2) is 44.7 Å². The molecule has 194 valence electrons. The van der Waals surface area contributed by atoms with Crippen molar-refractivity contribution < 1.29 is 38.6 Å². The molecule has 4 rings (SSSR count). The number of aromatic hydroxyl groups is 1. The van der Waals surface area contributed by atoms with Crippen LogP contribution in [0.1, 0.15) is 82.3 Å². The fourth-order valence-electron chi connectivity index (χ4n) is 7.71. The third-order valence-corrected chi connectivity index (χ3v) is 8.99. The van der Waals surface area contributed by atoms with E-state index >= 15 is 0 Å². The second-order valence-corrected chi connectivity index (χ2v) is 12.1. The second-order valence-electron chi connectivity index (χ2n) is 12.1. The van der Waals surface area contributed by atoms with E-state index < -0.39 is 80.6 Å². The van der Waals surface area contributed by atoms with Crippen molar-refractivity contribution in [1.29, 1.82) is 0 Å². The van der Waals surface area contributed by atoms with Gasteiger partial charge in [0.2, 0.25) is 0 Å². The van der Waals surface area contributed by atoms with Crippen molar-refractivity contribution in [1.82, 2.24) is 0 Å². The van der Waals surface area contributed by atoms with Crippen molar-refractivity contribution in [2.24, 2.45) is 34.5 Å². The monoisotopic (exact) mass is 500 g/mol. The Bertz CT molecular complexity index is 1250. The summed E-state index contributed by atoms with van der Waals surface area (Å²) in [6.07, 6.45) is 0.0829. The van der Waals surface area contributed by atoms with Gasteiger partial charge in [-0.3, -0.25) is 24.0 Å². The molecule has 1 aromatic carbocycles. The number of halogens is 1. The molecule has 3 unspecified atom stereocenters. The molecule has 0 heterocycles. The number of ketones is 5. The molecule has 2 N–H and O–H groups in total. The van der Waals surface area contributed by atoms with Crippen LogP contribution in [0.25, 0.3) is 0 Å². The van der Waals surface area contributed by atoms with Crippen molar-refractivity contribution in [3.8, 4) is 5.75 Å². The van der Waals surface area contributed by atoms with Gasteiger partial charge in [-0.05, 0) is 54.2 Å². The molecule has 3 aliphatic carbocycles. The van der Waals surface area contributed by atoms with Crippen LogP contribution in [-0.2, 0) is 25.6 Å². The van der Waals surface area contributed by atoms with Gasteiger partial charge in [0.1, 0.15) is 11.7 Å². The van der Waals surface area contributed by atoms with Crippen LogP contribution in [0.15, 0.2) is 6.07 Å². The fourth-order valence-corrected chi connectivity index (χ4v) is 7.71. The molecule has 2 saturated carbocycles. The van der Waals surface area contributed by atoms with E-state index in [-0.39, 0.29) is 24.3 Å². The lowest BCUT2D eigenvalue weighted by Crippen LogP contribution is -2.76. The molecule has 8 heteroatoms. The fraction of sp³-hybridized carbons (Fsp3) is 0.607. The standard InChI is InChI=1S/C28H33FO7/c1-11(2)14-8-16(29)21(31)18-15(14)9-26(6)10-27(7)19(12(3)4)22(32)17(13(5)30)24(34)28(27,36)25(35)20(26)23(18)33/h8,11-12,17,19-20,31,36H,9-10H2,1-7H3/t17?,19?,20?,26-,27-,28+/m1/s1. The Morgan fingerprint density at radius 2 is 1.67 bits per heavy atom. The van der Waals surface area contributed by atoms with Gasteiger partial charge in [-0.2, -0.15) is 0 Å². The predicted octanol–water partition coefficient (Wildman–Crippen LogP) is 3.36. The molecule has 3 aliphatic rings. The number of hydrogen-bond donors (Lipinski definition) is 2. The normalized spacial score (nSPS) is 36.1. The minimum absolute atomic E-state index is 0.0291. The van der Waals surface area contributed by atoms with Crippen LogP contribution >= 0.6 is 0 Å². The number of carbonyl (C=O) groups excluding carboxylic acids is 5. The lowest BCUT2D eigenvalue weighted by molar-refractivity contribution is -0.205. The van der Waals surface area contributed by atoms with Crippen LogP contribution in [0.2, 0.25) is 0 Å². The van der Waals surface area contributed by atoms with E-state index in [0.29, 0.717) is 11.1 Å². The summed E-state index contributed by atoms with van der Waals surface area (Å²) in [6.45, 7) is 11.4. The van der Waals surface area contributed by atoms with Gasteiger partial charge in [-0.25, -0.2) is 4.39 Å². The Morgan fingerprint density at radius 1 is 1.08 bits per heavy atom. The van der Waals surface area contributed by atoms with Crippen molar-refractivity contribution in [2.75, 3.05) is 0 Å². The molecule has 0 radical (unpaired) electrons. The summed E-state index contributed by atoms with van der Waals surface area (Å²) in [7, 11) is 0. The van der Waals surface area contributed by atoms with E-state index in [2.05, 4.69) is 0 Å². The highest BCUT2D eigenvalue weighted by Gasteiger charge is 2.76. The maximum absolute atomic E-state index is 14.6. The number of fused-ring (bicyclic) bond motifs is 3. The summed E-state index contributed by atoms with van der Waals surface area (Å²) in [4.78, 5) is 67.4.